The second kappa shape index (κ2) is 8.60. The van der Waals surface area contributed by atoms with Crippen molar-refractivity contribution in [1.29, 1.82) is 0 Å². The Kier molecular flexibility index (Phi) is 7.47. The SMILES string of the molecule is CCC(CC)n1ccc(CNCC(Cl)CC(C)C)n1. The quantitative estimate of drug-likeness (QED) is 0.695. The molecular weight excluding hydrogens is 258 g/mol. The highest BCUT2D eigenvalue weighted by atomic mass is 35.5. The van der Waals surface area contributed by atoms with Crippen LogP contribution < -0.4 is 5.32 Å². The van der Waals surface area contributed by atoms with Gasteiger partial charge in [0.25, 0.3) is 0 Å². The van der Waals surface area contributed by atoms with Gasteiger partial charge in [-0.3, -0.25) is 4.68 Å². The Bertz CT molecular complexity index is 345. The normalized spacial score (nSPS) is 13.4. The van der Waals surface area contributed by atoms with Crippen LogP contribution in [0.15, 0.2) is 12.3 Å². The van der Waals surface area contributed by atoms with E-state index in [0.717, 1.165) is 38.0 Å². The fraction of sp³-hybridized carbons (Fsp3) is 0.800. The molecule has 1 rings (SSSR count). The molecule has 1 N–H and O–H groups in total. The van der Waals surface area contributed by atoms with Crippen LogP contribution in [0.1, 0.15) is 58.7 Å². The first-order chi connectivity index (χ1) is 9.06. The first-order valence-corrected chi connectivity index (χ1v) is 7.89. The molecule has 0 spiro atoms. The zero-order chi connectivity index (χ0) is 14.3. The average Bonchev–Trinajstić information content (AvgIpc) is 2.78. The summed E-state index contributed by atoms with van der Waals surface area (Å²) in [5, 5.41) is 8.22. The Morgan fingerprint density at radius 1 is 1.32 bits per heavy atom. The van der Waals surface area contributed by atoms with Crippen LogP contribution in [0.25, 0.3) is 0 Å². The first kappa shape index (κ1) is 16.5. The molecule has 110 valence electrons. The molecule has 0 amide bonds. The number of aromatic nitrogens is 2. The number of hydrogen-bond donors (Lipinski definition) is 1. The highest BCUT2D eigenvalue weighted by Gasteiger charge is 2.09. The second-order valence-electron chi connectivity index (χ2n) is 5.62. The van der Waals surface area contributed by atoms with Crippen LogP contribution in [0.2, 0.25) is 0 Å². The summed E-state index contributed by atoms with van der Waals surface area (Å²) in [4.78, 5) is 0. The molecule has 0 bridgehead atoms. The molecular formula is C15H28ClN3. The van der Waals surface area contributed by atoms with Crippen LogP contribution in [0, 0.1) is 5.92 Å². The third kappa shape index (κ3) is 5.96. The first-order valence-electron chi connectivity index (χ1n) is 7.45. The van der Waals surface area contributed by atoms with E-state index in [-0.39, 0.29) is 5.38 Å². The molecule has 0 aliphatic rings. The monoisotopic (exact) mass is 285 g/mol. The van der Waals surface area contributed by atoms with Crippen molar-refractivity contribution >= 4 is 11.6 Å². The van der Waals surface area contributed by atoms with Crippen LogP contribution >= 0.6 is 11.6 Å². The third-order valence-electron chi connectivity index (χ3n) is 3.38. The van der Waals surface area contributed by atoms with E-state index in [4.69, 9.17) is 11.6 Å². The lowest BCUT2D eigenvalue weighted by atomic mass is 10.1. The van der Waals surface area contributed by atoms with Gasteiger partial charge in [0.1, 0.15) is 0 Å². The van der Waals surface area contributed by atoms with Gasteiger partial charge in [-0.05, 0) is 31.2 Å². The molecule has 1 aromatic rings. The lowest BCUT2D eigenvalue weighted by Crippen LogP contribution is -2.24. The Morgan fingerprint density at radius 3 is 2.58 bits per heavy atom. The minimum atomic E-state index is 0.209. The van der Waals surface area contributed by atoms with Crippen LogP contribution in [0.5, 0.6) is 0 Å². The summed E-state index contributed by atoms with van der Waals surface area (Å²) in [6.45, 7) is 10.5. The van der Waals surface area contributed by atoms with Crippen molar-refractivity contribution in [1.82, 2.24) is 15.1 Å². The van der Waals surface area contributed by atoms with Crippen LogP contribution in [0.4, 0.5) is 0 Å². The maximum atomic E-state index is 6.25. The van der Waals surface area contributed by atoms with Crippen molar-refractivity contribution in [2.24, 2.45) is 5.92 Å². The average molecular weight is 286 g/mol. The van der Waals surface area contributed by atoms with Crippen molar-refractivity contribution < 1.29 is 0 Å². The van der Waals surface area contributed by atoms with Gasteiger partial charge in [-0.15, -0.1) is 11.6 Å². The van der Waals surface area contributed by atoms with E-state index in [1.807, 2.05) is 0 Å². The molecule has 0 aromatic carbocycles. The van der Waals surface area contributed by atoms with Gasteiger partial charge in [-0.1, -0.05) is 27.7 Å². The maximum absolute atomic E-state index is 6.25. The van der Waals surface area contributed by atoms with Gasteiger partial charge >= 0.3 is 0 Å². The molecule has 0 aliphatic heterocycles. The molecule has 19 heavy (non-hydrogen) atoms. The predicted octanol–water partition coefficient (Wildman–Crippen LogP) is 3.99. The van der Waals surface area contributed by atoms with Crippen LogP contribution in [-0.2, 0) is 6.54 Å². The summed E-state index contributed by atoms with van der Waals surface area (Å²) in [6, 6.07) is 2.62. The van der Waals surface area contributed by atoms with Crippen molar-refractivity contribution in [3.63, 3.8) is 0 Å². The lowest BCUT2D eigenvalue weighted by molar-refractivity contribution is 0.424. The molecule has 0 saturated heterocycles. The second-order valence-corrected chi connectivity index (χ2v) is 6.23. The third-order valence-corrected chi connectivity index (χ3v) is 3.71. The van der Waals surface area contributed by atoms with Gasteiger partial charge in [0.05, 0.1) is 11.7 Å². The van der Waals surface area contributed by atoms with E-state index in [0.29, 0.717) is 12.0 Å². The lowest BCUT2D eigenvalue weighted by Gasteiger charge is -2.13. The summed E-state index contributed by atoms with van der Waals surface area (Å²) < 4.78 is 2.09. The van der Waals surface area contributed by atoms with Crippen LogP contribution in [-0.4, -0.2) is 21.7 Å². The molecule has 0 aliphatic carbocycles. The summed E-state index contributed by atoms with van der Waals surface area (Å²) in [7, 11) is 0. The summed E-state index contributed by atoms with van der Waals surface area (Å²) in [5.74, 6) is 0.651. The molecule has 1 heterocycles. The highest BCUT2D eigenvalue weighted by Crippen LogP contribution is 2.14. The Balaban J connectivity index is 2.34. The van der Waals surface area contributed by atoms with Gasteiger partial charge in [-0.25, -0.2) is 0 Å². The minimum absolute atomic E-state index is 0.209. The number of nitrogens with one attached hydrogen (secondary N) is 1. The van der Waals surface area contributed by atoms with Crippen molar-refractivity contribution in [2.45, 2.75) is 64.9 Å². The topological polar surface area (TPSA) is 29.9 Å². The Morgan fingerprint density at radius 2 is 2.00 bits per heavy atom. The number of alkyl halides is 1. The summed E-state index contributed by atoms with van der Waals surface area (Å²) in [6.07, 6.45) is 5.39. The number of nitrogens with zero attached hydrogens (tertiary/aromatic N) is 2. The maximum Gasteiger partial charge on any atom is 0.0762 e. The molecule has 0 fully saturated rings. The summed E-state index contributed by atoms with van der Waals surface area (Å²) >= 11 is 6.25. The smallest absolute Gasteiger partial charge is 0.0762 e. The highest BCUT2D eigenvalue weighted by molar-refractivity contribution is 6.20. The van der Waals surface area contributed by atoms with Gasteiger partial charge in [0, 0.05) is 24.7 Å². The van der Waals surface area contributed by atoms with Gasteiger partial charge in [0.15, 0.2) is 0 Å². The van der Waals surface area contributed by atoms with E-state index in [2.05, 4.69) is 55.1 Å². The Hall–Kier alpha value is -0.540. The molecule has 1 unspecified atom stereocenters. The molecule has 0 radical (unpaired) electrons. The number of halogens is 1. The zero-order valence-corrected chi connectivity index (χ0v) is 13.5. The minimum Gasteiger partial charge on any atom is -0.310 e. The van der Waals surface area contributed by atoms with Crippen molar-refractivity contribution in [3.05, 3.63) is 18.0 Å². The fourth-order valence-electron chi connectivity index (χ4n) is 2.29. The van der Waals surface area contributed by atoms with E-state index in [1.54, 1.807) is 0 Å². The number of hydrogen-bond acceptors (Lipinski definition) is 2. The predicted molar refractivity (Wildman–Crippen MR) is 82.6 cm³/mol. The largest absolute Gasteiger partial charge is 0.310 e. The number of rotatable bonds is 9. The Labute approximate surface area is 122 Å². The molecule has 1 aromatic heterocycles. The fourth-order valence-corrected chi connectivity index (χ4v) is 2.75. The van der Waals surface area contributed by atoms with Crippen LogP contribution in [0.3, 0.4) is 0 Å². The van der Waals surface area contributed by atoms with Crippen molar-refractivity contribution in [3.8, 4) is 0 Å². The molecule has 0 saturated carbocycles. The van der Waals surface area contributed by atoms with E-state index in [9.17, 15) is 0 Å². The zero-order valence-electron chi connectivity index (χ0n) is 12.7. The standard InChI is InChI=1S/C15H28ClN3/c1-5-15(6-2)19-8-7-14(18-19)11-17-10-13(16)9-12(3)4/h7-8,12-13,15,17H,5-6,9-11H2,1-4H3. The van der Waals surface area contributed by atoms with Crippen molar-refractivity contribution in [2.75, 3.05) is 6.54 Å². The molecule has 3 nitrogen and oxygen atoms in total. The molecule has 4 heteroatoms. The van der Waals surface area contributed by atoms with Gasteiger partial charge in [0.2, 0.25) is 0 Å². The van der Waals surface area contributed by atoms with Gasteiger partial charge in [-0.2, -0.15) is 5.10 Å². The van der Waals surface area contributed by atoms with E-state index in [1.165, 1.54) is 0 Å². The molecule has 1 atom stereocenters. The van der Waals surface area contributed by atoms with E-state index < -0.39 is 0 Å². The van der Waals surface area contributed by atoms with Gasteiger partial charge < -0.3 is 5.32 Å². The summed E-state index contributed by atoms with van der Waals surface area (Å²) in [5.41, 5.74) is 1.10. The van der Waals surface area contributed by atoms with E-state index >= 15 is 0 Å².